The zero-order valence-corrected chi connectivity index (χ0v) is 11.0. The van der Waals surface area contributed by atoms with Crippen molar-refractivity contribution in [1.29, 1.82) is 16.1 Å². The number of hydroxylamine groups is 1. The van der Waals surface area contributed by atoms with Gasteiger partial charge in [-0.25, -0.2) is 14.9 Å². The van der Waals surface area contributed by atoms with E-state index in [1.807, 2.05) is 0 Å². The first-order valence-corrected chi connectivity index (χ1v) is 5.68. The third-order valence-electron chi connectivity index (χ3n) is 3.00. The minimum atomic E-state index is -2.88. The Kier molecular flexibility index (Phi) is 4.92. The predicted octanol–water partition coefficient (Wildman–Crippen LogP) is -1.56. The third kappa shape index (κ3) is 2.98. The molecule has 0 aromatic carbocycles. The highest BCUT2D eigenvalue weighted by Crippen LogP contribution is 2.45. The molecule has 0 aromatic rings. The van der Waals surface area contributed by atoms with E-state index in [0.29, 0.717) is 6.21 Å². The van der Waals surface area contributed by atoms with Crippen molar-refractivity contribution >= 4 is 18.0 Å². The normalized spacial score (nSPS) is 35.9. The molecule has 0 radical (unpaired) electrons. The molecule has 0 amide bonds. The molecule has 21 heavy (non-hydrogen) atoms. The molecule has 0 saturated carbocycles. The van der Waals surface area contributed by atoms with Gasteiger partial charge in [-0.3, -0.25) is 10.6 Å². The Morgan fingerprint density at radius 3 is 2.71 bits per heavy atom. The molecule has 1 rings (SSSR count). The molecular formula is C10H15FN6O4. The van der Waals surface area contributed by atoms with Crippen LogP contribution in [0.3, 0.4) is 0 Å². The van der Waals surface area contributed by atoms with Crippen molar-refractivity contribution in [2.45, 2.75) is 25.1 Å². The lowest BCUT2D eigenvalue weighted by Gasteiger charge is -2.23. The average Bonchev–Trinajstić information content (AvgIpc) is 2.68. The Bertz CT molecular complexity index is 508. The fourth-order valence-electron chi connectivity index (χ4n) is 1.73. The minimum absolute atomic E-state index is 0.457. The first kappa shape index (κ1) is 16.9. The van der Waals surface area contributed by atoms with Gasteiger partial charge >= 0.3 is 0 Å². The summed E-state index contributed by atoms with van der Waals surface area (Å²) >= 11 is 0. The van der Waals surface area contributed by atoms with Crippen LogP contribution in [0.4, 0.5) is 4.39 Å². The van der Waals surface area contributed by atoms with Gasteiger partial charge in [-0.1, -0.05) is 0 Å². The SMILES string of the molecule is C[C@]1(C#N)[C@H](N=C(NO)NC(=N)C=N)O[C@](F)(CO)[C@H]1O. The van der Waals surface area contributed by atoms with E-state index in [2.05, 4.69) is 10.3 Å². The fourth-order valence-corrected chi connectivity index (χ4v) is 1.73. The summed E-state index contributed by atoms with van der Waals surface area (Å²) < 4.78 is 18.9. The van der Waals surface area contributed by atoms with E-state index in [4.69, 9.17) is 31.1 Å². The van der Waals surface area contributed by atoms with E-state index in [0.717, 1.165) is 0 Å². The van der Waals surface area contributed by atoms with Gasteiger partial charge in [-0.2, -0.15) is 5.26 Å². The van der Waals surface area contributed by atoms with Gasteiger partial charge in [0.05, 0.1) is 12.3 Å². The van der Waals surface area contributed by atoms with Crippen molar-refractivity contribution in [3.63, 3.8) is 0 Å². The van der Waals surface area contributed by atoms with Gasteiger partial charge in [0.1, 0.15) is 24.0 Å². The number of alkyl halides is 1. The molecule has 0 aliphatic carbocycles. The van der Waals surface area contributed by atoms with Crippen LogP contribution in [0.25, 0.3) is 0 Å². The van der Waals surface area contributed by atoms with Crippen molar-refractivity contribution in [1.82, 2.24) is 10.8 Å². The minimum Gasteiger partial charge on any atom is -0.390 e. The maximum atomic E-state index is 14.1. The number of aliphatic hydroxyl groups is 2. The molecule has 116 valence electrons. The summed E-state index contributed by atoms with van der Waals surface area (Å²) in [5.74, 6) is -3.83. The molecule has 1 heterocycles. The summed E-state index contributed by atoms with van der Waals surface area (Å²) in [5.41, 5.74) is -0.284. The number of hydrogen-bond donors (Lipinski definition) is 7. The topological polar surface area (TPSA) is 178 Å². The molecule has 1 aliphatic heterocycles. The molecule has 1 saturated heterocycles. The number of aliphatic hydroxyl groups excluding tert-OH is 2. The van der Waals surface area contributed by atoms with Crippen molar-refractivity contribution < 1.29 is 24.5 Å². The molecule has 7 N–H and O–H groups in total. The number of rotatable bonds is 3. The highest BCUT2D eigenvalue weighted by Gasteiger charge is 2.63. The van der Waals surface area contributed by atoms with Gasteiger partial charge in [-0.05, 0) is 6.92 Å². The fraction of sp³-hybridized carbons (Fsp3) is 0.600. The monoisotopic (exact) mass is 302 g/mol. The van der Waals surface area contributed by atoms with Crippen LogP contribution >= 0.6 is 0 Å². The number of amidine groups is 1. The van der Waals surface area contributed by atoms with Gasteiger partial charge in [0.15, 0.2) is 6.23 Å². The number of nitrogens with one attached hydrogen (secondary N) is 4. The molecule has 10 nitrogen and oxygen atoms in total. The van der Waals surface area contributed by atoms with Crippen LogP contribution in [0.15, 0.2) is 4.99 Å². The van der Waals surface area contributed by atoms with Crippen LogP contribution in [0.1, 0.15) is 6.92 Å². The molecule has 11 heteroatoms. The van der Waals surface area contributed by atoms with Crippen molar-refractivity contribution in [3.8, 4) is 6.07 Å². The summed E-state index contributed by atoms with van der Waals surface area (Å²) in [6.45, 7) is -0.0250. The Balaban J connectivity index is 3.13. The molecule has 0 unspecified atom stereocenters. The lowest BCUT2D eigenvalue weighted by molar-refractivity contribution is -0.194. The van der Waals surface area contributed by atoms with E-state index in [9.17, 15) is 9.50 Å². The van der Waals surface area contributed by atoms with Crippen LogP contribution in [-0.2, 0) is 4.74 Å². The molecule has 0 aromatic heterocycles. The lowest BCUT2D eigenvalue weighted by atomic mass is 9.83. The van der Waals surface area contributed by atoms with Crippen LogP contribution in [0.2, 0.25) is 0 Å². The number of nitrogens with zero attached hydrogens (tertiary/aromatic N) is 2. The summed E-state index contributed by atoms with van der Waals surface area (Å²) in [6, 6.07) is 1.66. The van der Waals surface area contributed by atoms with Crippen molar-refractivity contribution in [2.75, 3.05) is 6.61 Å². The third-order valence-corrected chi connectivity index (χ3v) is 3.00. The van der Waals surface area contributed by atoms with Gasteiger partial charge < -0.3 is 25.7 Å². The van der Waals surface area contributed by atoms with Crippen LogP contribution in [-0.4, -0.2) is 58.2 Å². The van der Waals surface area contributed by atoms with Gasteiger partial charge in [0, 0.05) is 0 Å². The van der Waals surface area contributed by atoms with Crippen LogP contribution in [0.5, 0.6) is 0 Å². The number of halogens is 1. The number of aliphatic imine (C=N–C) groups is 1. The number of nitriles is 1. The van der Waals surface area contributed by atoms with Crippen molar-refractivity contribution in [3.05, 3.63) is 0 Å². The molecule has 4 atom stereocenters. The first-order valence-electron chi connectivity index (χ1n) is 5.68. The molecule has 1 fully saturated rings. The summed E-state index contributed by atoms with van der Waals surface area (Å²) in [6.07, 6.45) is -2.94. The van der Waals surface area contributed by atoms with Gasteiger partial charge in [0.25, 0.3) is 5.85 Å². The number of guanidine groups is 1. The maximum absolute atomic E-state index is 14.1. The van der Waals surface area contributed by atoms with Crippen LogP contribution in [0, 0.1) is 27.6 Å². The summed E-state index contributed by atoms with van der Waals surface area (Å²) in [7, 11) is 0. The Morgan fingerprint density at radius 2 is 2.29 bits per heavy atom. The van der Waals surface area contributed by atoms with Gasteiger partial charge in [0.2, 0.25) is 5.96 Å². The Labute approximate surface area is 118 Å². The molecule has 1 aliphatic rings. The zero-order valence-electron chi connectivity index (χ0n) is 11.0. The molecule has 0 bridgehead atoms. The van der Waals surface area contributed by atoms with Crippen LogP contribution < -0.4 is 10.8 Å². The standard InChI is InChI=1S/C10H15FN6O4/c1-9(3-13)6(19)10(11,4-18)21-7(9)16-8(17-20)15-5(14)2-12/h2,6-7,12,18-20H,4H2,1H3,(H3,14,15,16,17)/t6-,7+,9+,10+/m0/s1. The summed E-state index contributed by atoms with van der Waals surface area (Å²) in [4.78, 5) is 3.64. The number of hydrogen-bond acceptors (Lipinski definition) is 8. The Morgan fingerprint density at radius 1 is 1.67 bits per heavy atom. The number of ether oxygens (including phenoxy) is 1. The van der Waals surface area contributed by atoms with E-state index in [-0.39, 0.29) is 0 Å². The van der Waals surface area contributed by atoms with E-state index < -0.39 is 42.0 Å². The Hall–Kier alpha value is -2.13. The largest absolute Gasteiger partial charge is 0.390 e. The van der Waals surface area contributed by atoms with E-state index >= 15 is 0 Å². The maximum Gasteiger partial charge on any atom is 0.262 e. The highest BCUT2D eigenvalue weighted by molar-refractivity contribution is 6.30. The molecular weight excluding hydrogens is 287 g/mol. The second-order valence-electron chi connectivity index (χ2n) is 4.48. The summed E-state index contributed by atoms with van der Waals surface area (Å²) in [5, 5.41) is 52.9. The quantitative estimate of drug-likeness (QED) is 0.187. The smallest absolute Gasteiger partial charge is 0.262 e. The average molecular weight is 302 g/mol. The lowest BCUT2D eigenvalue weighted by Crippen LogP contribution is -2.45. The first-order chi connectivity index (χ1) is 9.77. The van der Waals surface area contributed by atoms with Crippen molar-refractivity contribution in [2.24, 2.45) is 10.4 Å². The zero-order chi connectivity index (χ0) is 16.3. The van der Waals surface area contributed by atoms with E-state index in [1.165, 1.54) is 6.92 Å². The highest BCUT2D eigenvalue weighted by atomic mass is 19.2. The van der Waals surface area contributed by atoms with Gasteiger partial charge in [-0.15, -0.1) is 0 Å². The second-order valence-corrected chi connectivity index (χ2v) is 4.48. The second kappa shape index (κ2) is 6.10. The predicted molar refractivity (Wildman–Crippen MR) is 67.5 cm³/mol. The van der Waals surface area contributed by atoms with E-state index in [1.54, 1.807) is 11.5 Å². The molecule has 0 spiro atoms.